The molecule has 0 saturated heterocycles. The smallest absolute Gasteiger partial charge is 0.330 e. The summed E-state index contributed by atoms with van der Waals surface area (Å²) < 4.78 is 6.67. The molecule has 0 spiro atoms. The predicted molar refractivity (Wildman–Crippen MR) is 126 cm³/mol. The van der Waals surface area contributed by atoms with Gasteiger partial charge in [-0.05, 0) is 29.7 Å². The van der Waals surface area contributed by atoms with Gasteiger partial charge in [-0.2, -0.15) is 0 Å². The molecule has 0 saturated carbocycles. The monoisotopic (exact) mass is 444 g/mol. The fourth-order valence-corrected chi connectivity index (χ4v) is 3.64. The molecule has 8 nitrogen and oxygen atoms in total. The van der Waals surface area contributed by atoms with Gasteiger partial charge < -0.3 is 10.2 Å². The molecule has 0 fully saturated rings. The van der Waals surface area contributed by atoms with Crippen LogP contribution in [0.2, 0.25) is 0 Å². The quantitative estimate of drug-likeness (QED) is 0.434. The van der Waals surface area contributed by atoms with Crippen LogP contribution < -0.4 is 21.9 Å². The minimum absolute atomic E-state index is 0.0114. The summed E-state index contributed by atoms with van der Waals surface area (Å²) in [5.41, 5.74) is 6.73. The van der Waals surface area contributed by atoms with Gasteiger partial charge in [-0.1, -0.05) is 60.7 Å². The van der Waals surface area contributed by atoms with Crippen molar-refractivity contribution in [3.8, 4) is 0 Å². The van der Waals surface area contributed by atoms with Crippen LogP contribution in [0.25, 0.3) is 0 Å². The summed E-state index contributed by atoms with van der Waals surface area (Å²) in [6.45, 7) is 0.166. The SMILES string of the molecule is Nc1c(N(Cc2ccco2)C(=O)CCc2ccccc2)c(=O)[nH]c(=O)n1Cc1ccccc1. The fraction of sp³-hybridized carbons (Fsp3) is 0.160. The van der Waals surface area contributed by atoms with Gasteiger partial charge in [0.05, 0.1) is 19.4 Å². The largest absolute Gasteiger partial charge is 0.467 e. The van der Waals surface area contributed by atoms with Crippen LogP contribution in [-0.4, -0.2) is 15.5 Å². The highest BCUT2D eigenvalue weighted by Gasteiger charge is 2.25. The zero-order valence-corrected chi connectivity index (χ0v) is 17.9. The number of nitrogen functional groups attached to an aromatic ring is 1. The Bertz CT molecular complexity index is 1330. The second kappa shape index (κ2) is 9.86. The van der Waals surface area contributed by atoms with E-state index in [1.807, 2.05) is 60.7 Å². The van der Waals surface area contributed by atoms with E-state index in [1.54, 1.807) is 12.1 Å². The lowest BCUT2D eigenvalue weighted by Gasteiger charge is -2.24. The molecule has 0 aliphatic rings. The number of carbonyl (C=O) groups excluding carboxylic acids is 1. The van der Waals surface area contributed by atoms with Crippen molar-refractivity contribution < 1.29 is 9.21 Å². The van der Waals surface area contributed by atoms with Gasteiger partial charge in [0.25, 0.3) is 5.56 Å². The summed E-state index contributed by atoms with van der Waals surface area (Å²) in [7, 11) is 0. The van der Waals surface area contributed by atoms with Crippen LogP contribution in [0.1, 0.15) is 23.3 Å². The van der Waals surface area contributed by atoms with Crippen LogP contribution in [0.4, 0.5) is 11.5 Å². The van der Waals surface area contributed by atoms with Crippen molar-refractivity contribution >= 4 is 17.4 Å². The second-order valence-electron chi connectivity index (χ2n) is 7.61. The first-order valence-corrected chi connectivity index (χ1v) is 10.6. The third kappa shape index (κ3) is 5.12. The Morgan fingerprint density at radius 2 is 1.61 bits per heavy atom. The van der Waals surface area contributed by atoms with Crippen molar-refractivity contribution in [1.82, 2.24) is 9.55 Å². The van der Waals surface area contributed by atoms with Crippen LogP contribution >= 0.6 is 0 Å². The molecule has 3 N–H and O–H groups in total. The van der Waals surface area contributed by atoms with E-state index < -0.39 is 11.2 Å². The Morgan fingerprint density at radius 3 is 2.24 bits per heavy atom. The van der Waals surface area contributed by atoms with Gasteiger partial charge in [0.15, 0.2) is 5.69 Å². The number of aryl methyl sites for hydroxylation is 1. The first-order valence-electron chi connectivity index (χ1n) is 10.6. The number of anilines is 2. The Hall–Kier alpha value is -4.33. The molecular formula is C25H24N4O4. The van der Waals surface area contributed by atoms with Crippen LogP contribution in [0.15, 0.2) is 93.1 Å². The van der Waals surface area contributed by atoms with Gasteiger partial charge in [-0.15, -0.1) is 0 Å². The van der Waals surface area contributed by atoms with E-state index in [2.05, 4.69) is 4.98 Å². The summed E-state index contributed by atoms with van der Waals surface area (Å²) in [5, 5.41) is 0. The average molecular weight is 444 g/mol. The number of nitrogens with zero attached hydrogens (tertiary/aromatic N) is 2. The van der Waals surface area contributed by atoms with Crippen molar-refractivity contribution in [2.45, 2.75) is 25.9 Å². The maximum absolute atomic E-state index is 13.3. The molecular weight excluding hydrogens is 420 g/mol. The number of aromatic nitrogens is 2. The Balaban J connectivity index is 1.71. The van der Waals surface area contributed by atoms with E-state index in [9.17, 15) is 14.4 Å². The third-order valence-corrected chi connectivity index (χ3v) is 5.33. The predicted octanol–water partition coefficient (Wildman–Crippen LogP) is 2.93. The number of aromatic amines is 1. The molecule has 4 rings (SSSR count). The topological polar surface area (TPSA) is 114 Å². The molecule has 8 heteroatoms. The van der Waals surface area contributed by atoms with Crippen molar-refractivity contribution in [2.75, 3.05) is 10.6 Å². The number of nitrogens with two attached hydrogens (primary N) is 1. The molecule has 2 aromatic carbocycles. The third-order valence-electron chi connectivity index (χ3n) is 5.33. The van der Waals surface area contributed by atoms with E-state index >= 15 is 0 Å². The molecule has 0 aliphatic heterocycles. The van der Waals surface area contributed by atoms with E-state index in [-0.39, 0.29) is 36.9 Å². The van der Waals surface area contributed by atoms with Crippen LogP contribution in [0.3, 0.4) is 0 Å². The highest BCUT2D eigenvalue weighted by Crippen LogP contribution is 2.22. The van der Waals surface area contributed by atoms with Gasteiger partial charge in [0.1, 0.15) is 11.6 Å². The van der Waals surface area contributed by atoms with E-state index in [0.29, 0.717) is 12.2 Å². The number of nitrogens with one attached hydrogen (secondary N) is 1. The number of amides is 1. The first kappa shape index (κ1) is 21.9. The Kier molecular flexibility index (Phi) is 6.54. The molecule has 1 amide bonds. The maximum atomic E-state index is 13.3. The van der Waals surface area contributed by atoms with Crippen molar-refractivity contribution in [1.29, 1.82) is 0 Å². The van der Waals surface area contributed by atoms with E-state index in [4.69, 9.17) is 10.2 Å². The highest BCUT2D eigenvalue weighted by molar-refractivity contribution is 5.95. The fourth-order valence-electron chi connectivity index (χ4n) is 3.64. The molecule has 0 aliphatic carbocycles. The first-order chi connectivity index (χ1) is 16.0. The number of furan rings is 1. The minimum atomic E-state index is -0.721. The maximum Gasteiger partial charge on any atom is 0.330 e. The summed E-state index contributed by atoms with van der Waals surface area (Å²) in [4.78, 5) is 42.3. The normalized spacial score (nSPS) is 10.8. The number of rotatable bonds is 8. The Morgan fingerprint density at radius 1 is 0.939 bits per heavy atom. The summed E-state index contributed by atoms with van der Waals surface area (Å²) >= 11 is 0. The molecule has 168 valence electrons. The van der Waals surface area contributed by atoms with Crippen LogP contribution in [0.5, 0.6) is 0 Å². The average Bonchev–Trinajstić information content (AvgIpc) is 3.34. The van der Waals surface area contributed by atoms with Gasteiger partial charge in [0, 0.05) is 6.42 Å². The molecule has 4 aromatic rings. The zero-order valence-electron chi connectivity index (χ0n) is 17.9. The molecule has 33 heavy (non-hydrogen) atoms. The molecule has 0 bridgehead atoms. The number of H-pyrrole nitrogens is 1. The van der Waals surface area contributed by atoms with Gasteiger partial charge in [-0.3, -0.25) is 24.0 Å². The second-order valence-corrected chi connectivity index (χ2v) is 7.61. The summed E-state index contributed by atoms with van der Waals surface area (Å²) in [5.74, 6) is 0.104. The van der Waals surface area contributed by atoms with Crippen LogP contribution in [-0.2, 0) is 24.3 Å². The lowest BCUT2D eigenvalue weighted by molar-refractivity contribution is -0.118. The molecule has 0 atom stereocenters. The summed E-state index contributed by atoms with van der Waals surface area (Å²) in [6, 6.07) is 22.3. The minimum Gasteiger partial charge on any atom is -0.467 e. The molecule has 0 unspecified atom stereocenters. The lowest BCUT2D eigenvalue weighted by atomic mass is 10.1. The Labute approximate surface area is 189 Å². The highest BCUT2D eigenvalue weighted by atomic mass is 16.3. The van der Waals surface area contributed by atoms with Crippen molar-refractivity contribution in [3.05, 3.63) is 117 Å². The van der Waals surface area contributed by atoms with Gasteiger partial charge in [-0.25, -0.2) is 4.79 Å². The van der Waals surface area contributed by atoms with Crippen molar-refractivity contribution in [3.63, 3.8) is 0 Å². The van der Waals surface area contributed by atoms with Gasteiger partial charge >= 0.3 is 5.69 Å². The number of hydrogen-bond acceptors (Lipinski definition) is 5. The standard InChI is InChI=1S/C25H24N4O4/c26-23-22(24(31)27-25(32)29(23)16-19-10-5-2-6-11-19)28(17-20-12-7-15-33-20)21(30)14-13-18-8-3-1-4-9-18/h1-12,15H,13-14,16-17,26H2,(H,27,31,32). The number of benzene rings is 2. The number of carbonyl (C=O) groups is 1. The zero-order chi connectivity index (χ0) is 23.2. The van der Waals surface area contributed by atoms with E-state index in [1.165, 1.54) is 15.7 Å². The summed E-state index contributed by atoms with van der Waals surface area (Å²) in [6.07, 6.45) is 2.14. The van der Waals surface area contributed by atoms with E-state index in [0.717, 1.165) is 11.1 Å². The van der Waals surface area contributed by atoms with Gasteiger partial charge in [0.2, 0.25) is 5.91 Å². The van der Waals surface area contributed by atoms with Crippen LogP contribution in [0, 0.1) is 0 Å². The number of hydrogen-bond donors (Lipinski definition) is 2. The molecule has 0 radical (unpaired) electrons. The van der Waals surface area contributed by atoms with Crippen molar-refractivity contribution in [2.24, 2.45) is 0 Å². The molecule has 2 heterocycles. The lowest BCUT2D eigenvalue weighted by Crippen LogP contribution is -2.41. The molecule has 2 aromatic heterocycles.